The van der Waals surface area contributed by atoms with Crippen LogP contribution in [-0.4, -0.2) is 10.9 Å². The zero-order valence-electron chi connectivity index (χ0n) is 12.1. The van der Waals surface area contributed by atoms with Crippen LogP contribution in [0.4, 0.5) is 0 Å². The predicted octanol–water partition coefficient (Wildman–Crippen LogP) is 4.29. The Balaban J connectivity index is 1.91. The Morgan fingerprint density at radius 1 is 0.957 bits per heavy atom. The Morgan fingerprint density at radius 3 is 2.26 bits per heavy atom. The Kier molecular flexibility index (Phi) is 4.26. The highest BCUT2D eigenvalue weighted by molar-refractivity contribution is 6.33. The molecule has 3 aromatic rings. The highest BCUT2D eigenvalue weighted by atomic mass is 35.5. The van der Waals surface area contributed by atoms with Crippen molar-refractivity contribution in [1.82, 2.24) is 4.98 Å². The summed E-state index contributed by atoms with van der Waals surface area (Å²) in [4.78, 5) is 15.5. The molecule has 0 aliphatic heterocycles. The molecule has 114 valence electrons. The second-order valence-electron chi connectivity index (χ2n) is 4.83. The summed E-state index contributed by atoms with van der Waals surface area (Å²) in [6, 6.07) is 18.5. The summed E-state index contributed by atoms with van der Waals surface area (Å²) < 4.78 is 5.74. The summed E-state index contributed by atoms with van der Waals surface area (Å²) in [5.74, 6) is 0.841. The van der Waals surface area contributed by atoms with Gasteiger partial charge in [0.1, 0.15) is 16.7 Å². The lowest BCUT2D eigenvalue weighted by Crippen LogP contribution is -2.13. The van der Waals surface area contributed by atoms with E-state index in [1.165, 1.54) is 0 Å². The molecule has 2 aromatic carbocycles. The van der Waals surface area contributed by atoms with E-state index in [2.05, 4.69) is 4.98 Å². The van der Waals surface area contributed by atoms with E-state index >= 15 is 0 Å². The lowest BCUT2D eigenvalue weighted by Gasteiger charge is -2.10. The molecule has 4 nitrogen and oxygen atoms in total. The molecule has 0 bridgehead atoms. The molecule has 0 aliphatic carbocycles. The van der Waals surface area contributed by atoms with Gasteiger partial charge in [-0.15, -0.1) is 0 Å². The third kappa shape index (κ3) is 3.33. The van der Waals surface area contributed by atoms with Gasteiger partial charge in [-0.2, -0.15) is 0 Å². The van der Waals surface area contributed by atoms with Crippen molar-refractivity contribution in [2.45, 2.75) is 0 Å². The van der Waals surface area contributed by atoms with Crippen LogP contribution < -0.4 is 10.5 Å². The number of carbonyl (C=O) groups excluding carboxylic acids is 1. The Hall–Kier alpha value is -2.85. The molecule has 2 N–H and O–H groups in total. The Bertz CT molecular complexity index is 833. The van der Waals surface area contributed by atoms with Crippen molar-refractivity contribution in [3.05, 3.63) is 77.6 Å². The second kappa shape index (κ2) is 6.50. The first-order valence-corrected chi connectivity index (χ1v) is 7.30. The van der Waals surface area contributed by atoms with Crippen LogP contribution in [0.25, 0.3) is 11.1 Å². The van der Waals surface area contributed by atoms with Gasteiger partial charge in [0.2, 0.25) is 0 Å². The van der Waals surface area contributed by atoms with Crippen molar-refractivity contribution < 1.29 is 9.53 Å². The fourth-order valence-corrected chi connectivity index (χ4v) is 2.49. The standard InChI is InChI=1S/C18H13ClN2O2/c19-17-16(18(20)22)15(10-11-21-17)12-6-8-14(9-7-12)23-13-4-2-1-3-5-13/h1-11H,(H2,20,22). The summed E-state index contributed by atoms with van der Waals surface area (Å²) >= 11 is 5.98. The molecule has 0 aliphatic rings. The number of nitrogens with zero attached hydrogens (tertiary/aromatic N) is 1. The van der Waals surface area contributed by atoms with Crippen LogP contribution in [0, 0.1) is 0 Å². The topological polar surface area (TPSA) is 65.2 Å². The maximum Gasteiger partial charge on any atom is 0.252 e. The van der Waals surface area contributed by atoms with Crippen molar-refractivity contribution in [2.24, 2.45) is 5.73 Å². The zero-order valence-corrected chi connectivity index (χ0v) is 12.8. The van der Waals surface area contributed by atoms with E-state index < -0.39 is 5.91 Å². The van der Waals surface area contributed by atoms with Gasteiger partial charge >= 0.3 is 0 Å². The van der Waals surface area contributed by atoms with E-state index in [4.69, 9.17) is 22.1 Å². The number of para-hydroxylation sites is 1. The van der Waals surface area contributed by atoms with E-state index in [1.807, 2.05) is 54.6 Å². The van der Waals surface area contributed by atoms with Crippen LogP contribution in [0.15, 0.2) is 66.9 Å². The molecule has 1 amide bonds. The number of ether oxygens (including phenoxy) is 1. The zero-order chi connectivity index (χ0) is 16.2. The summed E-state index contributed by atoms with van der Waals surface area (Å²) in [6.07, 6.45) is 1.54. The number of primary amides is 1. The molecule has 0 spiro atoms. The van der Waals surface area contributed by atoms with Crippen molar-refractivity contribution in [2.75, 3.05) is 0 Å². The lowest BCUT2D eigenvalue weighted by atomic mass is 10.0. The minimum atomic E-state index is -0.609. The largest absolute Gasteiger partial charge is 0.457 e. The maximum atomic E-state index is 11.6. The monoisotopic (exact) mass is 324 g/mol. The summed E-state index contributed by atoms with van der Waals surface area (Å²) in [5.41, 5.74) is 7.06. The number of rotatable bonds is 4. The number of carbonyl (C=O) groups is 1. The summed E-state index contributed by atoms with van der Waals surface area (Å²) in [5, 5.41) is 0.0969. The molecule has 0 unspecified atom stereocenters. The highest BCUT2D eigenvalue weighted by Gasteiger charge is 2.15. The third-order valence-electron chi connectivity index (χ3n) is 3.30. The minimum Gasteiger partial charge on any atom is -0.457 e. The van der Waals surface area contributed by atoms with E-state index in [1.54, 1.807) is 12.3 Å². The van der Waals surface area contributed by atoms with Gasteiger partial charge in [-0.1, -0.05) is 41.9 Å². The molecule has 1 aromatic heterocycles. The van der Waals surface area contributed by atoms with Gasteiger partial charge in [-0.25, -0.2) is 4.98 Å². The average Bonchev–Trinajstić information content (AvgIpc) is 2.56. The number of pyridine rings is 1. The second-order valence-corrected chi connectivity index (χ2v) is 5.19. The fraction of sp³-hybridized carbons (Fsp3) is 0. The van der Waals surface area contributed by atoms with Crippen molar-refractivity contribution in [1.29, 1.82) is 0 Å². The molecular formula is C18H13ClN2O2. The van der Waals surface area contributed by atoms with Crippen molar-refractivity contribution in [3.63, 3.8) is 0 Å². The molecule has 3 rings (SSSR count). The van der Waals surface area contributed by atoms with E-state index in [-0.39, 0.29) is 10.7 Å². The number of hydrogen-bond acceptors (Lipinski definition) is 3. The summed E-state index contributed by atoms with van der Waals surface area (Å²) in [7, 11) is 0. The SMILES string of the molecule is NC(=O)c1c(-c2ccc(Oc3ccccc3)cc2)ccnc1Cl. The van der Waals surface area contributed by atoms with Crippen LogP contribution >= 0.6 is 11.6 Å². The van der Waals surface area contributed by atoms with Gasteiger partial charge in [0, 0.05) is 6.20 Å². The van der Waals surface area contributed by atoms with Gasteiger partial charge in [0.05, 0.1) is 5.56 Å². The molecule has 0 saturated heterocycles. The van der Waals surface area contributed by atoms with Crippen LogP contribution in [0.5, 0.6) is 11.5 Å². The van der Waals surface area contributed by atoms with Crippen LogP contribution in [0.3, 0.4) is 0 Å². The Morgan fingerprint density at radius 2 is 1.61 bits per heavy atom. The van der Waals surface area contributed by atoms with Crippen molar-refractivity contribution >= 4 is 17.5 Å². The van der Waals surface area contributed by atoms with E-state index in [9.17, 15) is 4.79 Å². The Labute approximate surface area is 138 Å². The average molecular weight is 325 g/mol. The number of aromatic nitrogens is 1. The predicted molar refractivity (Wildman–Crippen MR) is 89.7 cm³/mol. The van der Waals surface area contributed by atoms with Gasteiger partial charge < -0.3 is 10.5 Å². The number of hydrogen-bond donors (Lipinski definition) is 1. The first kappa shape index (κ1) is 15.1. The molecule has 0 saturated carbocycles. The van der Waals surface area contributed by atoms with Crippen molar-refractivity contribution in [3.8, 4) is 22.6 Å². The quantitative estimate of drug-likeness (QED) is 0.728. The molecule has 1 heterocycles. The van der Waals surface area contributed by atoms with Gasteiger partial charge in [-0.05, 0) is 41.5 Å². The first-order valence-electron chi connectivity index (χ1n) is 6.93. The van der Waals surface area contributed by atoms with Gasteiger partial charge in [-0.3, -0.25) is 4.79 Å². The van der Waals surface area contributed by atoms with Crippen LogP contribution in [0.1, 0.15) is 10.4 Å². The normalized spacial score (nSPS) is 10.3. The molecule has 23 heavy (non-hydrogen) atoms. The van der Waals surface area contributed by atoms with Gasteiger partial charge in [0.15, 0.2) is 0 Å². The number of nitrogens with two attached hydrogens (primary N) is 1. The van der Waals surface area contributed by atoms with Gasteiger partial charge in [0.25, 0.3) is 5.91 Å². The third-order valence-corrected chi connectivity index (χ3v) is 3.58. The molecule has 5 heteroatoms. The van der Waals surface area contributed by atoms with Crippen LogP contribution in [0.2, 0.25) is 5.15 Å². The maximum absolute atomic E-state index is 11.6. The molecule has 0 radical (unpaired) electrons. The number of amides is 1. The van der Waals surface area contributed by atoms with E-state index in [0.717, 1.165) is 11.3 Å². The fourth-order valence-electron chi connectivity index (χ4n) is 2.24. The highest BCUT2D eigenvalue weighted by Crippen LogP contribution is 2.30. The van der Waals surface area contributed by atoms with E-state index in [0.29, 0.717) is 11.3 Å². The summed E-state index contributed by atoms with van der Waals surface area (Å²) in [6.45, 7) is 0. The number of halogens is 1. The number of benzene rings is 2. The molecular weight excluding hydrogens is 312 g/mol. The lowest BCUT2D eigenvalue weighted by molar-refractivity contribution is 0.100. The molecule has 0 atom stereocenters. The molecule has 0 fully saturated rings. The smallest absolute Gasteiger partial charge is 0.252 e. The first-order chi connectivity index (χ1) is 11.1. The van der Waals surface area contributed by atoms with Crippen LogP contribution in [-0.2, 0) is 0 Å². The minimum absolute atomic E-state index is 0.0969.